The van der Waals surface area contributed by atoms with E-state index < -0.39 is 0 Å². The SMILES string of the molecule is CCCCc1ccc(Nc2ccc(NC(=O)CCC(C)Sc3cc(C(C)(C)C)c(O)c(C(C)(C)C)c3)cc2)cc1. The van der Waals surface area contributed by atoms with Crippen LogP contribution in [0.15, 0.2) is 65.6 Å². The largest absolute Gasteiger partial charge is 0.507 e. The van der Waals surface area contributed by atoms with E-state index in [2.05, 4.69) is 102 Å². The monoisotopic (exact) mass is 560 g/mol. The van der Waals surface area contributed by atoms with Gasteiger partial charge in [0.15, 0.2) is 0 Å². The summed E-state index contributed by atoms with van der Waals surface area (Å²) in [7, 11) is 0. The van der Waals surface area contributed by atoms with E-state index in [1.165, 1.54) is 18.4 Å². The number of phenolic OH excluding ortho intramolecular Hbond substituents is 1. The summed E-state index contributed by atoms with van der Waals surface area (Å²) in [6.07, 6.45) is 4.76. The maximum absolute atomic E-state index is 12.7. The van der Waals surface area contributed by atoms with Crippen molar-refractivity contribution in [2.45, 2.75) is 108 Å². The highest BCUT2D eigenvalue weighted by Crippen LogP contribution is 2.42. The van der Waals surface area contributed by atoms with Crippen LogP contribution < -0.4 is 10.6 Å². The molecule has 0 aliphatic heterocycles. The lowest BCUT2D eigenvalue weighted by Crippen LogP contribution is -2.17. The van der Waals surface area contributed by atoms with Crippen LogP contribution in [0.3, 0.4) is 0 Å². The third kappa shape index (κ3) is 9.33. The summed E-state index contributed by atoms with van der Waals surface area (Å²) < 4.78 is 0. The number of aromatic hydroxyl groups is 1. The van der Waals surface area contributed by atoms with Crippen molar-refractivity contribution >= 4 is 34.7 Å². The average Bonchev–Trinajstić information content (AvgIpc) is 2.88. The molecule has 4 nitrogen and oxygen atoms in total. The molecular formula is C35H48N2O2S. The highest BCUT2D eigenvalue weighted by atomic mass is 32.2. The van der Waals surface area contributed by atoms with E-state index in [0.717, 1.165) is 45.9 Å². The van der Waals surface area contributed by atoms with Crippen LogP contribution in [0.5, 0.6) is 5.75 Å². The number of hydrogen-bond donors (Lipinski definition) is 3. The van der Waals surface area contributed by atoms with E-state index in [0.29, 0.717) is 12.2 Å². The Balaban J connectivity index is 1.53. The summed E-state index contributed by atoms with van der Waals surface area (Å²) in [5.41, 5.74) is 5.83. The Morgan fingerprint density at radius 3 is 1.85 bits per heavy atom. The van der Waals surface area contributed by atoms with Crippen LogP contribution in [0.1, 0.15) is 97.8 Å². The number of amides is 1. The van der Waals surface area contributed by atoms with Gasteiger partial charge < -0.3 is 15.7 Å². The van der Waals surface area contributed by atoms with E-state index in [4.69, 9.17) is 0 Å². The fraction of sp³-hybridized carbons (Fsp3) is 0.457. The predicted molar refractivity (Wildman–Crippen MR) is 173 cm³/mol. The first-order valence-corrected chi connectivity index (χ1v) is 15.4. The topological polar surface area (TPSA) is 61.4 Å². The normalized spacial score (nSPS) is 12.7. The maximum Gasteiger partial charge on any atom is 0.224 e. The van der Waals surface area contributed by atoms with Crippen molar-refractivity contribution < 1.29 is 9.90 Å². The molecule has 0 fully saturated rings. The van der Waals surface area contributed by atoms with E-state index in [-0.39, 0.29) is 22.0 Å². The molecule has 0 aliphatic rings. The van der Waals surface area contributed by atoms with Gasteiger partial charge >= 0.3 is 0 Å². The van der Waals surface area contributed by atoms with E-state index in [1.807, 2.05) is 24.3 Å². The molecule has 0 saturated heterocycles. The van der Waals surface area contributed by atoms with Gasteiger partial charge in [-0.25, -0.2) is 0 Å². The lowest BCUT2D eigenvalue weighted by molar-refractivity contribution is -0.116. The second kappa shape index (κ2) is 13.6. The first kappa shape index (κ1) is 31.6. The fourth-order valence-corrected chi connectivity index (χ4v) is 5.68. The standard InChI is InChI=1S/C35H48N2O2S/c1-9-10-11-25-13-15-26(16-14-25)36-27-17-19-28(20-18-27)37-32(38)21-12-24(2)40-29-22-30(34(3,4)5)33(39)31(23-29)35(6,7)8/h13-20,22-24,36,39H,9-12,21H2,1-8H3,(H,37,38). The number of benzene rings is 3. The molecule has 40 heavy (non-hydrogen) atoms. The average molecular weight is 561 g/mol. The molecule has 3 aromatic carbocycles. The highest BCUT2D eigenvalue weighted by molar-refractivity contribution is 8.00. The molecule has 0 saturated carbocycles. The number of aryl methyl sites for hydroxylation is 1. The van der Waals surface area contributed by atoms with Crippen LogP contribution in [-0.4, -0.2) is 16.3 Å². The van der Waals surface area contributed by atoms with E-state index in [9.17, 15) is 9.90 Å². The Bertz CT molecular complexity index is 1220. The van der Waals surface area contributed by atoms with Crippen molar-refractivity contribution in [1.29, 1.82) is 0 Å². The molecule has 0 aliphatic carbocycles. The van der Waals surface area contributed by atoms with Crippen molar-refractivity contribution in [3.8, 4) is 5.75 Å². The smallest absolute Gasteiger partial charge is 0.224 e. The van der Waals surface area contributed by atoms with Gasteiger partial charge in [0.25, 0.3) is 0 Å². The quantitative estimate of drug-likeness (QED) is 0.204. The molecule has 1 unspecified atom stereocenters. The summed E-state index contributed by atoms with van der Waals surface area (Å²) in [4.78, 5) is 13.8. The molecule has 0 bridgehead atoms. The Hall–Kier alpha value is -2.92. The second-order valence-corrected chi connectivity index (χ2v) is 14.4. The lowest BCUT2D eigenvalue weighted by atomic mass is 9.79. The second-order valence-electron chi connectivity index (χ2n) is 12.9. The zero-order chi connectivity index (χ0) is 29.5. The maximum atomic E-state index is 12.7. The zero-order valence-electron chi connectivity index (χ0n) is 25.7. The molecule has 0 spiro atoms. The number of hydrogen-bond acceptors (Lipinski definition) is 4. The Labute approximate surface area is 246 Å². The number of rotatable bonds is 11. The van der Waals surface area contributed by atoms with Crippen LogP contribution in [0.25, 0.3) is 0 Å². The Morgan fingerprint density at radius 2 is 1.35 bits per heavy atom. The summed E-state index contributed by atoms with van der Waals surface area (Å²) in [5.74, 6) is 0.421. The number of carbonyl (C=O) groups is 1. The molecule has 3 aromatic rings. The minimum atomic E-state index is -0.159. The highest BCUT2D eigenvalue weighted by Gasteiger charge is 2.27. The van der Waals surface area contributed by atoms with Crippen LogP contribution in [0.4, 0.5) is 17.1 Å². The summed E-state index contributed by atoms with van der Waals surface area (Å²) in [6.45, 7) is 17.2. The summed E-state index contributed by atoms with van der Waals surface area (Å²) in [5, 5.41) is 17.7. The van der Waals surface area contributed by atoms with Crippen LogP contribution in [0, 0.1) is 0 Å². The zero-order valence-corrected chi connectivity index (χ0v) is 26.5. The first-order valence-electron chi connectivity index (χ1n) is 14.6. The van der Waals surface area contributed by atoms with Crippen molar-refractivity contribution in [2.75, 3.05) is 10.6 Å². The third-order valence-electron chi connectivity index (χ3n) is 7.04. The van der Waals surface area contributed by atoms with Gasteiger partial charge in [0.05, 0.1) is 0 Å². The van der Waals surface area contributed by atoms with Crippen LogP contribution >= 0.6 is 11.8 Å². The molecule has 0 radical (unpaired) electrons. The predicted octanol–water partition coefficient (Wildman–Crippen LogP) is 9.97. The molecule has 1 amide bonds. The number of nitrogens with one attached hydrogen (secondary N) is 2. The van der Waals surface area contributed by atoms with Crippen LogP contribution in [0.2, 0.25) is 0 Å². The molecule has 3 rings (SSSR count). The number of thioether (sulfide) groups is 1. The van der Waals surface area contributed by atoms with Gasteiger partial charge in [-0.2, -0.15) is 0 Å². The van der Waals surface area contributed by atoms with Crippen molar-refractivity contribution in [2.24, 2.45) is 0 Å². The number of carbonyl (C=O) groups excluding carboxylic acids is 1. The van der Waals surface area contributed by atoms with Gasteiger partial charge in [-0.3, -0.25) is 4.79 Å². The van der Waals surface area contributed by atoms with Gasteiger partial charge in [-0.15, -0.1) is 11.8 Å². The minimum Gasteiger partial charge on any atom is -0.507 e. The molecule has 216 valence electrons. The van der Waals surface area contributed by atoms with Crippen molar-refractivity contribution in [1.82, 2.24) is 0 Å². The summed E-state index contributed by atoms with van der Waals surface area (Å²) >= 11 is 1.77. The molecule has 3 N–H and O–H groups in total. The Morgan fingerprint density at radius 1 is 0.850 bits per heavy atom. The first-order chi connectivity index (χ1) is 18.8. The number of phenols is 1. The van der Waals surface area contributed by atoms with Gasteiger partial charge in [0, 0.05) is 44.8 Å². The molecular weight excluding hydrogens is 512 g/mol. The molecule has 0 aromatic heterocycles. The fourth-order valence-electron chi connectivity index (χ4n) is 4.61. The van der Waals surface area contributed by atoms with Crippen molar-refractivity contribution in [3.05, 3.63) is 77.4 Å². The van der Waals surface area contributed by atoms with Gasteiger partial charge in [-0.05, 0) is 84.2 Å². The molecule has 1 atom stereocenters. The van der Waals surface area contributed by atoms with Gasteiger partial charge in [0.1, 0.15) is 5.75 Å². The number of anilines is 3. The third-order valence-corrected chi connectivity index (χ3v) is 8.19. The molecule has 0 heterocycles. The minimum absolute atomic E-state index is 0.0206. The van der Waals surface area contributed by atoms with Gasteiger partial charge in [0.2, 0.25) is 5.91 Å². The lowest BCUT2D eigenvalue weighted by Gasteiger charge is -2.28. The summed E-state index contributed by atoms with van der Waals surface area (Å²) in [6, 6.07) is 20.7. The van der Waals surface area contributed by atoms with E-state index >= 15 is 0 Å². The Kier molecular flexibility index (Phi) is 10.8. The van der Waals surface area contributed by atoms with Crippen LogP contribution in [-0.2, 0) is 22.0 Å². The van der Waals surface area contributed by atoms with Gasteiger partial charge in [-0.1, -0.05) is 73.9 Å². The van der Waals surface area contributed by atoms with Crippen molar-refractivity contribution in [3.63, 3.8) is 0 Å². The van der Waals surface area contributed by atoms with E-state index in [1.54, 1.807) is 11.8 Å². The number of unbranched alkanes of at least 4 members (excludes halogenated alkanes) is 1. The molecule has 5 heteroatoms.